The van der Waals surface area contributed by atoms with Crippen LogP contribution in [0, 0.1) is 10.1 Å². The predicted octanol–water partition coefficient (Wildman–Crippen LogP) is 3.00. The summed E-state index contributed by atoms with van der Waals surface area (Å²) in [5.41, 5.74) is -0.333. The maximum atomic E-state index is 11.4. The van der Waals surface area contributed by atoms with E-state index in [1.165, 1.54) is 19.5 Å². The first kappa shape index (κ1) is 18.7. The van der Waals surface area contributed by atoms with Gasteiger partial charge >= 0.3 is 11.7 Å². The number of nitrogens with zero attached hydrogens (tertiary/aromatic N) is 3. The zero-order valence-corrected chi connectivity index (χ0v) is 14.5. The molecule has 2 N–H and O–H groups in total. The number of halogens is 2. The van der Waals surface area contributed by atoms with E-state index in [0.717, 1.165) is 6.07 Å². The average Bonchev–Trinajstić information content (AvgIpc) is 2.59. The Morgan fingerprint density at radius 2 is 1.84 bits per heavy atom. The van der Waals surface area contributed by atoms with E-state index in [-0.39, 0.29) is 17.1 Å². The molecule has 0 spiro atoms. The molecule has 11 heteroatoms. The molecular weight excluding hydrogens is 373 g/mol. The molecule has 0 aliphatic heterocycles. The van der Waals surface area contributed by atoms with Crippen molar-refractivity contribution in [3.63, 3.8) is 0 Å². The number of carbonyl (C=O) groups excluding carboxylic acids is 1. The van der Waals surface area contributed by atoms with E-state index < -0.39 is 10.9 Å². The summed E-state index contributed by atoms with van der Waals surface area (Å²) in [4.78, 5) is 29.9. The molecule has 25 heavy (non-hydrogen) atoms. The summed E-state index contributed by atoms with van der Waals surface area (Å²) < 4.78 is 4.52. The van der Waals surface area contributed by atoms with Gasteiger partial charge in [-0.15, -0.1) is 0 Å². The molecule has 0 saturated heterocycles. The van der Waals surface area contributed by atoms with Gasteiger partial charge in [0.25, 0.3) is 0 Å². The highest BCUT2D eigenvalue weighted by Gasteiger charge is 2.19. The molecule has 0 aliphatic rings. The molecule has 0 radical (unpaired) electrons. The summed E-state index contributed by atoms with van der Waals surface area (Å²) in [6, 6.07) is 2.65. The van der Waals surface area contributed by atoms with Gasteiger partial charge in [-0.05, 0) is 6.07 Å². The number of hydrogen-bond acceptors (Lipinski definition) is 8. The van der Waals surface area contributed by atoms with Gasteiger partial charge in [0.1, 0.15) is 5.82 Å². The molecule has 0 aromatic carbocycles. The number of carbonyl (C=O) groups is 1. The normalized spacial score (nSPS) is 10.2. The van der Waals surface area contributed by atoms with Crippen LogP contribution in [0.2, 0.25) is 10.0 Å². The third-order valence-electron chi connectivity index (χ3n) is 3.00. The van der Waals surface area contributed by atoms with Crippen LogP contribution < -0.4 is 10.6 Å². The number of methoxy groups -OCH3 is 1. The number of anilines is 2. The first-order valence-electron chi connectivity index (χ1n) is 6.94. The van der Waals surface area contributed by atoms with Crippen LogP contribution in [0.15, 0.2) is 24.5 Å². The number of nitrogens with one attached hydrogen (secondary N) is 2. The molecule has 2 aromatic heterocycles. The Morgan fingerprint density at radius 1 is 1.20 bits per heavy atom. The molecule has 0 bridgehead atoms. The van der Waals surface area contributed by atoms with Crippen molar-refractivity contribution in [1.29, 1.82) is 0 Å². The largest absolute Gasteiger partial charge is 0.465 e. The van der Waals surface area contributed by atoms with Crippen LogP contribution in [0.1, 0.15) is 10.4 Å². The molecule has 132 valence electrons. The van der Waals surface area contributed by atoms with Crippen molar-refractivity contribution in [2.45, 2.75) is 0 Å². The lowest BCUT2D eigenvalue weighted by atomic mass is 10.2. The number of ether oxygens (including phenoxy) is 1. The molecule has 0 amide bonds. The van der Waals surface area contributed by atoms with Gasteiger partial charge in [0.05, 0.1) is 27.6 Å². The molecule has 9 nitrogen and oxygen atoms in total. The van der Waals surface area contributed by atoms with Gasteiger partial charge in [-0.1, -0.05) is 23.2 Å². The minimum atomic E-state index is -0.702. The van der Waals surface area contributed by atoms with Gasteiger partial charge in [0.2, 0.25) is 5.82 Å². The lowest BCUT2D eigenvalue weighted by molar-refractivity contribution is -0.384. The van der Waals surface area contributed by atoms with E-state index in [1.54, 1.807) is 6.07 Å². The highest BCUT2D eigenvalue weighted by atomic mass is 35.5. The van der Waals surface area contributed by atoms with E-state index >= 15 is 0 Å². The van der Waals surface area contributed by atoms with E-state index in [1.807, 2.05) is 0 Å². The lowest BCUT2D eigenvalue weighted by Gasteiger charge is -2.09. The van der Waals surface area contributed by atoms with Gasteiger partial charge in [-0.2, -0.15) is 0 Å². The molecule has 2 aromatic rings. The Hall–Kier alpha value is -2.65. The predicted molar refractivity (Wildman–Crippen MR) is 93.5 cm³/mol. The number of pyridine rings is 2. The maximum absolute atomic E-state index is 11.4. The van der Waals surface area contributed by atoms with Crippen LogP contribution >= 0.6 is 23.2 Å². The standard InChI is InChI=1S/C14H13Cl2N5O4/c1-25-14(22)8-4-11(21(23)24)13(19-6-8)18-3-2-17-12-10(16)5-9(15)7-20-12/h4-7H,2-3H2,1H3,(H,17,20)(H,18,19). The summed E-state index contributed by atoms with van der Waals surface area (Å²) in [6.07, 6.45) is 2.65. The van der Waals surface area contributed by atoms with E-state index in [4.69, 9.17) is 23.2 Å². The van der Waals surface area contributed by atoms with Crippen molar-refractivity contribution in [2.24, 2.45) is 0 Å². The summed E-state index contributed by atoms with van der Waals surface area (Å²) in [7, 11) is 1.18. The number of hydrogen-bond donors (Lipinski definition) is 2. The van der Waals surface area contributed by atoms with Crippen LogP contribution in [-0.4, -0.2) is 41.1 Å². The Kier molecular flexibility index (Phi) is 6.31. The minimum absolute atomic E-state index is 0.00461. The van der Waals surface area contributed by atoms with Crippen molar-refractivity contribution < 1.29 is 14.5 Å². The van der Waals surface area contributed by atoms with Gasteiger partial charge in [-0.25, -0.2) is 14.8 Å². The van der Waals surface area contributed by atoms with E-state index in [2.05, 4.69) is 25.3 Å². The topological polar surface area (TPSA) is 119 Å². The average molecular weight is 386 g/mol. The Balaban J connectivity index is 2.00. The third kappa shape index (κ3) is 4.91. The molecule has 0 unspecified atom stereocenters. The molecule has 2 heterocycles. The second-order valence-electron chi connectivity index (χ2n) is 4.68. The van der Waals surface area contributed by atoms with Crippen molar-refractivity contribution in [3.05, 3.63) is 50.2 Å². The van der Waals surface area contributed by atoms with Gasteiger partial charge in [0.15, 0.2) is 0 Å². The third-order valence-corrected chi connectivity index (χ3v) is 3.50. The Bertz CT molecular complexity index is 803. The van der Waals surface area contributed by atoms with Crippen LogP contribution in [0.5, 0.6) is 0 Å². The first-order valence-corrected chi connectivity index (χ1v) is 7.69. The lowest BCUT2D eigenvalue weighted by Crippen LogP contribution is -2.16. The first-order chi connectivity index (χ1) is 11.9. The van der Waals surface area contributed by atoms with Crippen LogP contribution in [0.25, 0.3) is 0 Å². The summed E-state index contributed by atoms with van der Waals surface area (Å²) in [5, 5.41) is 17.7. The molecule has 0 atom stereocenters. The fourth-order valence-electron chi connectivity index (χ4n) is 1.86. The smallest absolute Gasteiger partial charge is 0.339 e. The van der Waals surface area contributed by atoms with Crippen molar-refractivity contribution >= 4 is 46.5 Å². The fourth-order valence-corrected chi connectivity index (χ4v) is 2.31. The van der Waals surface area contributed by atoms with Gasteiger partial charge < -0.3 is 15.4 Å². The Labute approximate surface area is 152 Å². The maximum Gasteiger partial charge on any atom is 0.339 e. The van der Waals surface area contributed by atoms with Crippen LogP contribution in [0.4, 0.5) is 17.3 Å². The summed E-state index contributed by atoms with van der Waals surface area (Å²) >= 11 is 11.7. The molecule has 2 rings (SSSR count). The zero-order chi connectivity index (χ0) is 18.4. The monoisotopic (exact) mass is 385 g/mol. The number of esters is 1. The highest BCUT2D eigenvalue weighted by Crippen LogP contribution is 2.24. The fraction of sp³-hybridized carbons (Fsp3) is 0.214. The van der Waals surface area contributed by atoms with Gasteiger partial charge in [0, 0.05) is 31.5 Å². The second-order valence-corrected chi connectivity index (χ2v) is 5.52. The SMILES string of the molecule is COC(=O)c1cnc(NCCNc2ncc(Cl)cc2Cl)c([N+](=O)[O-])c1. The van der Waals surface area contributed by atoms with Crippen molar-refractivity contribution in [1.82, 2.24) is 9.97 Å². The summed E-state index contributed by atoms with van der Waals surface area (Å²) in [5.74, 6) is -0.224. The Morgan fingerprint density at radius 3 is 2.44 bits per heavy atom. The zero-order valence-electron chi connectivity index (χ0n) is 13.0. The molecule has 0 fully saturated rings. The quantitative estimate of drug-likeness (QED) is 0.323. The van der Waals surface area contributed by atoms with Crippen molar-refractivity contribution in [3.8, 4) is 0 Å². The molecular formula is C14H13Cl2N5O4. The minimum Gasteiger partial charge on any atom is -0.465 e. The molecule has 0 saturated carbocycles. The van der Waals surface area contributed by atoms with E-state index in [0.29, 0.717) is 29.0 Å². The molecule has 0 aliphatic carbocycles. The highest BCUT2D eigenvalue weighted by molar-refractivity contribution is 6.35. The van der Waals surface area contributed by atoms with Crippen LogP contribution in [-0.2, 0) is 4.74 Å². The number of rotatable bonds is 7. The van der Waals surface area contributed by atoms with Gasteiger partial charge in [-0.3, -0.25) is 10.1 Å². The number of nitro groups is 1. The summed E-state index contributed by atoms with van der Waals surface area (Å²) in [6.45, 7) is 0.665. The van der Waals surface area contributed by atoms with Crippen LogP contribution in [0.3, 0.4) is 0 Å². The number of aromatic nitrogens is 2. The second kappa shape index (κ2) is 8.45. The van der Waals surface area contributed by atoms with Crippen molar-refractivity contribution in [2.75, 3.05) is 30.8 Å². The van der Waals surface area contributed by atoms with E-state index in [9.17, 15) is 14.9 Å².